The lowest BCUT2D eigenvalue weighted by molar-refractivity contribution is 0.668. The van der Waals surface area contributed by atoms with Gasteiger partial charge in [0.15, 0.2) is 0 Å². The minimum Gasteiger partial charge on any atom is -0.456 e. The fourth-order valence-corrected chi connectivity index (χ4v) is 25.7. The molecule has 0 amide bonds. The standard InChI is InChI=1S/2C24H14BrClO.3C24H14BrClS/c25-20-8-4-10-22-24(20)23-19(7-3-9-21(23)27-22)18-6-2-1-5-17(18)15-11-13-16(26)14-12-15;25-20-9-5-11-22-24(20)19-13-12-15(14-23(19)27-22)16-6-1-2-7-17(16)18-8-3-4-10-21(18)26;25-21-8-3-9-22-24(21)20-11-10-18(14-23(20)27-22)16-5-1-4-15(12-16)17-6-2-7-19(26)13-17;25-20-11-5-13-22-23(20)19-10-4-9-18(24(19)27-22)16-7-3-6-15(14-16)17-8-1-2-12-21(17)26;25-21-9-4-10-23-24(21)20-14-16(11-12-22(20)27-23)19-8-2-1-7-18(19)15-5-3-6-17(26)13-15/h5*1-14H. The molecule has 0 N–H and O–H groups in total. The number of rotatable bonds is 10. The molecule has 0 fully saturated rings. The van der Waals surface area contributed by atoms with Crippen LogP contribution >= 0.6 is 172 Å². The van der Waals surface area contributed by atoms with Gasteiger partial charge in [0, 0.05) is 141 Å². The molecule has 135 heavy (non-hydrogen) atoms. The smallest absolute Gasteiger partial charge is 0.136 e. The average Bonchev–Trinajstić information content (AvgIpc) is 1.62. The van der Waals surface area contributed by atoms with E-state index in [1.54, 1.807) is 0 Å². The first-order chi connectivity index (χ1) is 66.1. The first kappa shape index (κ1) is 90.0. The lowest BCUT2D eigenvalue weighted by atomic mass is 9.92. The van der Waals surface area contributed by atoms with Crippen LogP contribution in [0.2, 0.25) is 25.1 Å². The van der Waals surface area contributed by atoms with Gasteiger partial charge in [-0.2, -0.15) is 0 Å². The third-order valence-corrected chi connectivity index (χ3v) is 32.3. The number of furan rings is 2. The molecule has 0 saturated heterocycles. The van der Waals surface area contributed by atoms with E-state index in [-0.39, 0.29) is 0 Å². The second-order valence-corrected chi connectivity index (χ2v) is 42.0. The van der Waals surface area contributed by atoms with Crippen molar-refractivity contribution in [3.05, 3.63) is 472 Å². The molecule has 0 unspecified atom stereocenters. The number of thiophene rings is 3. The molecule has 2 nitrogen and oxygen atoms in total. The van der Waals surface area contributed by atoms with E-state index in [1.165, 1.54) is 116 Å². The lowest BCUT2D eigenvalue weighted by Crippen LogP contribution is -1.86. The summed E-state index contributed by atoms with van der Waals surface area (Å²) in [6.45, 7) is 0. The fourth-order valence-electron chi connectivity index (χ4n) is 17.9. The predicted octanol–water partition coefficient (Wildman–Crippen LogP) is 43.1. The van der Waals surface area contributed by atoms with E-state index in [2.05, 4.69) is 371 Å². The highest BCUT2D eigenvalue weighted by molar-refractivity contribution is 9.11. The number of hydrogen-bond acceptors (Lipinski definition) is 5. The van der Waals surface area contributed by atoms with Crippen LogP contribution < -0.4 is 0 Å². The van der Waals surface area contributed by atoms with E-state index in [0.717, 1.165) is 147 Å². The summed E-state index contributed by atoms with van der Waals surface area (Å²) in [4.78, 5) is 0. The van der Waals surface area contributed by atoms with E-state index >= 15 is 0 Å². The molecule has 0 atom stereocenters. The van der Waals surface area contributed by atoms with Crippen LogP contribution in [0.4, 0.5) is 0 Å². The van der Waals surface area contributed by atoms with Gasteiger partial charge in [0.05, 0.1) is 0 Å². The van der Waals surface area contributed by atoms with Gasteiger partial charge in [-0.15, -0.1) is 34.0 Å². The maximum Gasteiger partial charge on any atom is 0.136 e. The zero-order valence-electron chi connectivity index (χ0n) is 71.2. The SMILES string of the molecule is Clc1ccc(-c2ccccc2-c2cccc3oc4cccc(Br)c4c23)cc1.Clc1cccc(-c2cccc(-c3ccc4c(c3)sc3cccc(Br)c34)c2)c1.Clc1cccc(-c2ccccc2-c2ccc3sc4cccc(Br)c4c3c2)c1.Clc1ccccc1-c1cccc(-c2cccc3c2sc2cccc(Br)c23)c1.Clc1ccccc1-c1ccccc1-c1ccc2c(c1)oc1cccc(Br)c12. The molecular weight excluding hydrogens is 2150 g/mol. The van der Waals surface area contributed by atoms with Crippen molar-refractivity contribution in [1.29, 1.82) is 0 Å². The van der Waals surface area contributed by atoms with Crippen LogP contribution in [0.3, 0.4) is 0 Å². The van der Waals surface area contributed by atoms with E-state index in [0.29, 0.717) is 0 Å². The van der Waals surface area contributed by atoms with Crippen molar-refractivity contribution in [1.82, 2.24) is 0 Å². The van der Waals surface area contributed by atoms with Crippen molar-refractivity contribution >= 4 is 276 Å². The number of fused-ring (bicyclic) bond motifs is 15. The quantitative estimate of drug-likeness (QED) is 0.136. The molecule has 0 aliphatic carbocycles. The highest BCUT2D eigenvalue weighted by atomic mass is 79.9. The second kappa shape index (κ2) is 39.7. The first-order valence-electron chi connectivity index (χ1n) is 43.3. The molecule has 15 heteroatoms. The molecule has 5 aromatic heterocycles. The summed E-state index contributed by atoms with van der Waals surface area (Å²) in [6.07, 6.45) is 0. The molecule has 650 valence electrons. The van der Waals surface area contributed by atoms with Gasteiger partial charge in [-0.25, -0.2) is 0 Å². The van der Waals surface area contributed by atoms with Crippen molar-refractivity contribution < 1.29 is 8.83 Å². The largest absolute Gasteiger partial charge is 0.456 e. The normalized spacial score (nSPS) is 11.3. The third kappa shape index (κ3) is 18.5. The summed E-state index contributed by atoms with van der Waals surface area (Å²) in [7, 11) is 0. The van der Waals surface area contributed by atoms with Crippen molar-refractivity contribution in [3.8, 4) is 111 Å². The molecule has 0 radical (unpaired) electrons. The van der Waals surface area contributed by atoms with Crippen molar-refractivity contribution in [2.45, 2.75) is 0 Å². The van der Waals surface area contributed by atoms with Crippen LogP contribution in [0.15, 0.2) is 456 Å². The Balaban J connectivity index is 0.000000101. The molecule has 0 aliphatic rings. The third-order valence-electron chi connectivity index (χ3n) is 24.1. The van der Waals surface area contributed by atoms with Gasteiger partial charge in [0.1, 0.15) is 22.3 Å². The predicted molar refractivity (Wildman–Crippen MR) is 603 cm³/mol. The van der Waals surface area contributed by atoms with Crippen LogP contribution in [0, 0.1) is 0 Å². The zero-order valence-corrected chi connectivity index (χ0v) is 85.4. The zero-order chi connectivity index (χ0) is 91.9. The maximum absolute atomic E-state index is 6.46. The Kier molecular flexibility index (Phi) is 26.5. The number of benzene rings is 20. The number of halogens is 10. The summed E-state index contributed by atoms with van der Waals surface area (Å²) < 4.78 is 25.6. The van der Waals surface area contributed by atoms with Crippen molar-refractivity contribution in [2.24, 2.45) is 0 Å². The molecule has 5 heterocycles. The molecule has 0 saturated carbocycles. The summed E-state index contributed by atoms with van der Waals surface area (Å²) in [5.74, 6) is 0. The molecule has 0 aliphatic heterocycles. The van der Waals surface area contributed by atoms with Crippen molar-refractivity contribution in [3.63, 3.8) is 0 Å². The van der Waals surface area contributed by atoms with E-state index < -0.39 is 0 Å². The molecule has 0 bridgehead atoms. The van der Waals surface area contributed by atoms with Crippen LogP contribution in [-0.4, -0.2) is 0 Å². The van der Waals surface area contributed by atoms with E-state index in [1.807, 2.05) is 167 Å². The van der Waals surface area contributed by atoms with Crippen molar-refractivity contribution in [2.75, 3.05) is 0 Å². The Hall–Kier alpha value is -11.5. The first-order valence-corrected chi connectivity index (χ1v) is 51.7. The van der Waals surface area contributed by atoms with Gasteiger partial charge < -0.3 is 8.83 Å². The van der Waals surface area contributed by atoms with Crippen LogP contribution in [0.25, 0.3) is 216 Å². The topological polar surface area (TPSA) is 26.3 Å². The van der Waals surface area contributed by atoms with Gasteiger partial charge >= 0.3 is 0 Å². The number of hydrogen-bond donors (Lipinski definition) is 0. The fraction of sp³-hybridized carbons (Fsp3) is 0. The summed E-state index contributed by atoms with van der Waals surface area (Å²) in [6, 6.07) is 146. The monoisotopic (exact) mass is 2210 g/mol. The Morgan fingerprint density at radius 1 is 0.170 bits per heavy atom. The van der Waals surface area contributed by atoms with Gasteiger partial charge in [0.25, 0.3) is 0 Å². The Morgan fingerprint density at radius 3 is 1.15 bits per heavy atom. The summed E-state index contributed by atoms with van der Waals surface area (Å²) in [5.41, 5.74) is 26.7. The van der Waals surface area contributed by atoms with Gasteiger partial charge in [-0.1, -0.05) is 405 Å². The summed E-state index contributed by atoms with van der Waals surface area (Å²) in [5, 5.41) is 16.0. The second-order valence-electron chi connectivity index (χ2n) is 32.4. The molecule has 25 rings (SSSR count). The van der Waals surface area contributed by atoms with Gasteiger partial charge in [-0.3, -0.25) is 0 Å². The molecule has 20 aromatic carbocycles. The van der Waals surface area contributed by atoms with E-state index in [9.17, 15) is 0 Å². The van der Waals surface area contributed by atoms with Crippen LogP contribution in [0.1, 0.15) is 0 Å². The van der Waals surface area contributed by atoms with Crippen LogP contribution in [0.5, 0.6) is 0 Å². The van der Waals surface area contributed by atoms with Crippen LogP contribution in [-0.2, 0) is 0 Å². The minimum atomic E-state index is 0.739. The van der Waals surface area contributed by atoms with Gasteiger partial charge in [-0.05, 0) is 258 Å². The lowest BCUT2D eigenvalue weighted by Gasteiger charge is -2.11. The minimum absolute atomic E-state index is 0.739. The average molecular weight is 2220 g/mol. The highest BCUT2D eigenvalue weighted by Crippen LogP contribution is 2.50. The highest BCUT2D eigenvalue weighted by Gasteiger charge is 2.22. The summed E-state index contributed by atoms with van der Waals surface area (Å²) >= 11 is 55.4. The molecule has 25 aromatic rings. The Morgan fingerprint density at radius 2 is 0.533 bits per heavy atom. The van der Waals surface area contributed by atoms with E-state index in [4.69, 9.17) is 66.8 Å². The Bertz CT molecular complexity index is 8870. The Labute approximate surface area is 858 Å². The van der Waals surface area contributed by atoms with Gasteiger partial charge in [0.2, 0.25) is 0 Å². The maximum atomic E-state index is 6.46. The molecule has 0 spiro atoms. The molecular formula is C120H70Br5Cl5O2S3.